The highest BCUT2D eigenvalue weighted by Gasteiger charge is 2.11. The van der Waals surface area contributed by atoms with E-state index in [-0.39, 0.29) is 0 Å². The van der Waals surface area contributed by atoms with Gasteiger partial charge in [-0.15, -0.1) is 11.3 Å². The zero-order valence-corrected chi connectivity index (χ0v) is 11.9. The number of rotatable bonds is 5. The lowest BCUT2D eigenvalue weighted by Crippen LogP contribution is -1.95. The van der Waals surface area contributed by atoms with Gasteiger partial charge in [0, 0.05) is 11.6 Å². The molecule has 0 unspecified atom stereocenters. The van der Waals surface area contributed by atoms with Crippen LogP contribution in [-0.4, -0.2) is 26.3 Å². The maximum absolute atomic E-state index is 5.30. The average Bonchev–Trinajstić information content (AvgIpc) is 2.97. The van der Waals surface area contributed by atoms with Crippen molar-refractivity contribution >= 4 is 23.5 Å². The van der Waals surface area contributed by atoms with E-state index in [0.717, 1.165) is 10.6 Å². The molecule has 100 valence electrons. The van der Waals surface area contributed by atoms with Gasteiger partial charge in [0.1, 0.15) is 5.01 Å². The van der Waals surface area contributed by atoms with Crippen LogP contribution in [0.25, 0.3) is 12.2 Å². The van der Waals surface area contributed by atoms with Crippen LogP contribution >= 0.6 is 11.3 Å². The van der Waals surface area contributed by atoms with Crippen molar-refractivity contribution in [2.24, 2.45) is 0 Å². The lowest BCUT2D eigenvalue weighted by molar-refractivity contribution is 0.324. The second-order valence-electron chi connectivity index (χ2n) is 3.66. The first-order valence-electron chi connectivity index (χ1n) is 5.66. The molecule has 2 aromatic rings. The molecule has 19 heavy (non-hydrogen) atoms. The molecule has 1 aromatic carbocycles. The summed E-state index contributed by atoms with van der Waals surface area (Å²) in [6.07, 6.45) is 5.69. The second-order valence-corrected chi connectivity index (χ2v) is 4.59. The van der Waals surface area contributed by atoms with Crippen LogP contribution < -0.4 is 14.2 Å². The molecule has 5 heteroatoms. The number of ether oxygens (including phenoxy) is 3. The number of thiazole rings is 1. The summed E-state index contributed by atoms with van der Waals surface area (Å²) in [4.78, 5) is 4.19. The first-order chi connectivity index (χ1) is 9.28. The van der Waals surface area contributed by atoms with Crippen LogP contribution in [-0.2, 0) is 0 Å². The van der Waals surface area contributed by atoms with Crippen molar-refractivity contribution in [3.8, 4) is 17.2 Å². The number of benzene rings is 1. The van der Waals surface area contributed by atoms with Gasteiger partial charge >= 0.3 is 0 Å². The van der Waals surface area contributed by atoms with Crippen LogP contribution in [0.4, 0.5) is 0 Å². The monoisotopic (exact) mass is 277 g/mol. The normalized spacial score (nSPS) is 10.7. The smallest absolute Gasteiger partial charge is 0.203 e. The van der Waals surface area contributed by atoms with Crippen molar-refractivity contribution < 1.29 is 14.2 Å². The molecule has 0 saturated carbocycles. The van der Waals surface area contributed by atoms with Gasteiger partial charge in [0.05, 0.1) is 21.3 Å². The zero-order chi connectivity index (χ0) is 13.7. The van der Waals surface area contributed by atoms with Gasteiger partial charge < -0.3 is 14.2 Å². The molecule has 0 spiro atoms. The van der Waals surface area contributed by atoms with Crippen molar-refractivity contribution in [1.29, 1.82) is 0 Å². The third-order valence-corrected chi connectivity index (χ3v) is 3.30. The molecule has 0 aliphatic rings. The lowest BCUT2D eigenvalue weighted by Gasteiger charge is -2.12. The Morgan fingerprint density at radius 2 is 1.68 bits per heavy atom. The van der Waals surface area contributed by atoms with E-state index in [9.17, 15) is 0 Å². The zero-order valence-electron chi connectivity index (χ0n) is 11.0. The average molecular weight is 277 g/mol. The minimum atomic E-state index is 0.594. The number of hydrogen-bond donors (Lipinski definition) is 0. The van der Waals surface area contributed by atoms with Gasteiger partial charge in [-0.2, -0.15) is 0 Å². The van der Waals surface area contributed by atoms with Gasteiger partial charge in [0.25, 0.3) is 0 Å². The molecule has 0 radical (unpaired) electrons. The molecule has 0 fully saturated rings. The van der Waals surface area contributed by atoms with E-state index in [1.165, 1.54) is 0 Å². The molecule has 0 bridgehead atoms. The summed E-state index contributed by atoms with van der Waals surface area (Å²) < 4.78 is 15.9. The molecule has 0 amide bonds. The predicted octanol–water partition coefficient (Wildman–Crippen LogP) is 3.34. The van der Waals surface area contributed by atoms with E-state index in [1.54, 1.807) is 38.9 Å². The van der Waals surface area contributed by atoms with Crippen LogP contribution in [0.3, 0.4) is 0 Å². The van der Waals surface area contributed by atoms with Crippen LogP contribution in [0.15, 0.2) is 23.7 Å². The van der Waals surface area contributed by atoms with Gasteiger partial charge in [0.2, 0.25) is 5.75 Å². The fourth-order valence-electron chi connectivity index (χ4n) is 1.68. The first kappa shape index (κ1) is 13.4. The van der Waals surface area contributed by atoms with E-state index in [1.807, 2.05) is 29.7 Å². The highest BCUT2D eigenvalue weighted by atomic mass is 32.1. The number of aromatic nitrogens is 1. The number of hydrogen-bond acceptors (Lipinski definition) is 5. The Labute approximate surface area is 116 Å². The standard InChI is InChI=1S/C14H15NO3S/c1-16-11-8-10(4-5-13-15-6-7-19-13)9-12(17-2)14(11)18-3/h4-9H,1-3H3. The molecule has 0 aliphatic carbocycles. The molecule has 2 rings (SSSR count). The topological polar surface area (TPSA) is 40.6 Å². The molecule has 1 aromatic heterocycles. The molecule has 0 atom stereocenters. The van der Waals surface area contributed by atoms with E-state index < -0.39 is 0 Å². The van der Waals surface area contributed by atoms with E-state index in [4.69, 9.17) is 14.2 Å². The summed E-state index contributed by atoms with van der Waals surface area (Å²) in [5.41, 5.74) is 0.963. The van der Waals surface area contributed by atoms with Crippen LogP contribution in [0, 0.1) is 0 Å². The van der Waals surface area contributed by atoms with Crippen molar-refractivity contribution in [2.75, 3.05) is 21.3 Å². The molecular weight excluding hydrogens is 262 g/mol. The van der Waals surface area contributed by atoms with Crippen molar-refractivity contribution in [3.05, 3.63) is 34.3 Å². The maximum Gasteiger partial charge on any atom is 0.203 e. The number of methoxy groups -OCH3 is 3. The molecule has 0 saturated heterocycles. The predicted molar refractivity (Wildman–Crippen MR) is 77.1 cm³/mol. The van der Waals surface area contributed by atoms with E-state index in [2.05, 4.69) is 4.98 Å². The van der Waals surface area contributed by atoms with Gasteiger partial charge in [-0.1, -0.05) is 6.08 Å². The third-order valence-electron chi connectivity index (χ3n) is 2.56. The summed E-state index contributed by atoms with van der Waals surface area (Å²) in [6.45, 7) is 0. The maximum atomic E-state index is 5.30. The Morgan fingerprint density at radius 3 is 2.16 bits per heavy atom. The lowest BCUT2D eigenvalue weighted by atomic mass is 10.1. The Hall–Kier alpha value is -2.01. The Balaban J connectivity index is 2.36. The molecule has 1 heterocycles. The minimum absolute atomic E-state index is 0.594. The Kier molecular flexibility index (Phi) is 4.41. The Morgan fingerprint density at radius 1 is 1.00 bits per heavy atom. The highest BCUT2D eigenvalue weighted by Crippen LogP contribution is 2.38. The first-order valence-corrected chi connectivity index (χ1v) is 6.54. The van der Waals surface area contributed by atoms with Crippen LogP contribution in [0.5, 0.6) is 17.2 Å². The fraction of sp³-hybridized carbons (Fsp3) is 0.214. The molecule has 4 nitrogen and oxygen atoms in total. The van der Waals surface area contributed by atoms with Gasteiger partial charge in [-0.05, 0) is 23.8 Å². The van der Waals surface area contributed by atoms with Gasteiger partial charge in [-0.3, -0.25) is 0 Å². The van der Waals surface area contributed by atoms with E-state index >= 15 is 0 Å². The van der Waals surface area contributed by atoms with Crippen molar-refractivity contribution in [3.63, 3.8) is 0 Å². The van der Waals surface area contributed by atoms with Crippen LogP contribution in [0.2, 0.25) is 0 Å². The SMILES string of the molecule is COc1cc(C=Cc2nccs2)cc(OC)c1OC. The molecular formula is C14H15NO3S. The summed E-state index contributed by atoms with van der Waals surface area (Å²) in [5, 5.41) is 2.89. The second kappa shape index (κ2) is 6.24. The number of nitrogens with zero attached hydrogens (tertiary/aromatic N) is 1. The summed E-state index contributed by atoms with van der Waals surface area (Å²) in [7, 11) is 4.79. The minimum Gasteiger partial charge on any atom is -0.493 e. The summed E-state index contributed by atoms with van der Waals surface area (Å²) in [6, 6.07) is 3.79. The third kappa shape index (κ3) is 3.06. The van der Waals surface area contributed by atoms with Gasteiger partial charge in [-0.25, -0.2) is 4.98 Å². The molecule has 0 N–H and O–H groups in total. The molecule has 0 aliphatic heterocycles. The quantitative estimate of drug-likeness (QED) is 0.840. The van der Waals surface area contributed by atoms with Gasteiger partial charge in [0.15, 0.2) is 11.5 Å². The Bertz CT molecular complexity index is 539. The van der Waals surface area contributed by atoms with Crippen LogP contribution in [0.1, 0.15) is 10.6 Å². The van der Waals surface area contributed by atoms with E-state index in [0.29, 0.717) is 17.2 Å². The highest BCUT2D eigenvalue weighted by molar-refractivity contribution is 7.10. The van der Waals surface area contributed by atoms with Crippen molar-refractivity contribution in [1.82, 2.24) is 4.98 Å². The van der Waals surface area contributed by atoms with Crippen molar-refractivity contribution in [2.45, 2.75) is 0 Å². The largest absolute Gasteiger partial charge is 0.493 e. The summed E-state index contributed by atoms with van der Waals surface area (Å²) >= 11 is 1.58. The summed E-state index contributed by atoms with van der Waals surface area (Å²) in [5.74, 6) is 1.87. The fourth-order valence-corrected chi connectivity index (χ4v) is 2.21.